The summed E-state index contributed by atoms with van der Waals surface area (Å²) in [5.74, 6) is 0.00751. The smallest absolute Gasteiger partial charge is 0.240 e. The number of nitrogens with one attached hydrogen (secondary N) is 2. The van der Waals surface area contributed by atoms with Crippen LogP contribution in [0.25, 0.3) is 0 Å². The highest BCUT2D eigenvalue weighted by molar-refractivity contribution is 5.85. The van der Waals surface area contributed by atoms with Crippen LogP contribution in [0.5, 0.6) is 0 Å². The molecule has 1 aromatic rings. The topological polar surface area (TPSA) is 50.4 Å². The summed E-state index contributed by atoms with van der Waals surface area (Å²) in [5, 5.41) is 6.22. The third-order valence-electron chi connectivity index (χ3n) is 3.71. The van der Waals surface area contributed by atoms with Crippen molar-refractivity contribution in [3.05, 3.63) is 34.9 Å². The van der Waals surface area contributed by atoms with Gasteiger partial charge in [0.1, 0.15) is 6.04 Å². The molecule has 1 aliphatic rings. The maximum absolute atomic E-state index is 12.1. The molecule has 0 aromatic heterocycles. The van der Waals surface area contributed by atoms with Gasteiger partial charge < -0.3 is 15.4 Å². The van der Waals surface area contributed by atoms with Gasteiger partial charge in [0.15, 0.2) is 0 Å². The Labute approximate surface area is 126 Å². The number of carbonyl (C=O) groups is 1. The van der Waals surface area contributed by atoms with Crippen molar-refractivity contribution in [3.8, 4) is 0 Å². The third kappa shape index (κ3) is 3.95. The second kappa shape index (κ2) is 7.62. The molecule has 0 saturated carbocycles. The first-order chi connectivity index (χ1) is 9.09. The van der Waals surface area contributed by atoms with Crippen molar-refractivity contribution >= 4 is 18.3 Å². The number of ether oxygens (including phenoxy) is 1. The molecule has 0 aliphatic carbocycles. The molecule has 1 fully saturated rings. The minimum Gasteiger partial charge on any atom is -0.378 e. The van der Waals surface area contributed by atoms with E-state index in [2.05, 4.69) is 36.6 Å². The molecular formula is C15H23ClN2O2. The van der Waals surface area contributed by atoms with Crippen LogP contribution in [-0.2, 0) is 9.53 Å². The number of hydrogen-bond acceptors (Lipinski definition) is 3. The Hall–Kier alpha value is -1.10. The van der Waals surface area contributed by atoms with E-state index >= 15 is 0 Å². The summed E-state index contributed by atoms with van der Waals surface area (Å²) in [5.41, 5.74) is 3.66. The molecule has 0 radical (unpaired) electrons. The summed E-state index contributed by atoms with van der Waals surface area (Å²) in [6.07, 6.45) is 0. The summed E-state index contributed by atoms with van der Waals surface area (Å²) >= 11 is 0. The zero-order chi connectivity index (χ0) is 13.8. The Morgan fingerprint density at radius 1 is 1.45 bits per heavy atom. The number of hydrogen-bond donors (Lipinski definition) is 2. The standard InChI is InChI=1S/C15H22N2O2.ClH/c1-10-5-4-6-13(11(10)2)12(3)17-15(18)14-9-19-8-7-16-14;/h4-6,12,14,16H,7-9H2,1-3H3,(H,17,18);1H. The average molecular weight is 299 g/mol. The zero-order valence-corrected chi connectivity index (χ0v) is 13.0. The summed E-state index contributed by atoms with van der Waals surface area (Å²) in [6.45, 7) is 8.06. The monoisotopic (exact) mass is 298 g/mol. The van der Waals surface area contributed by atoms with Crippen LogP contribution < -0.4 is 10.6 Å². The fraction of sp³-hybridized carbons (Fsp3) is 0.533. The van der Waals surface area contributed by atoms with Crippen molar-refractivity contribution in [1.82, 2.24) is 10.6 Å². The predicted octanol–water partition coefficient (Wildman–Crippen LogP) is 1.89. The lowest BCUT2D eigenvalue weighted by atomic mass is 9.98. The normalized spacial score (nSPS) is 19.9. The molecule has 1 aromatic carbocycles. The summed E-state index contributed by atoms with van der Waals surface area (Å²) in [7, 11) is 0. The lowest BCUT2D eigenvalue weighted by molar-refractivity contribution is -0.126. The fourth-order valence-corrected chi connectivity index (χ4v) is 2.37. The molecular weight excluding hydrogens is 276 g/mol. The number of aryl methyl sites for hydroxylation is 1. The SMILES string of the molecule is Cc1cccc(C(C)NC(=O)C2COCCN2)c1C.Cl. The van der Waals surface area contributed by atoms with E-state index in [9.17, 15) is 4.79 Å². The van der Waals surface area contributed by atoms with E-state index in [1.54, 1.807) is 0 Å². The molecule has 1 saturated heterocycles. The summed E-state index contributed by atoms with van der Waals surface area (Å²) < 4.78 is 5.31. The maximum atomic E-state index is 12.1. The van der Waals surface area contributed by atoms with E-state index < -0.39 is 0 Å². The molecule has 0 bridgehead atoms. The molecule has 0 spiro atoms. The Kier molecular flexibility index (Phi) is 6.46. The number of halogens is 1. The van der Waals surface area contributed by atoms with Gasteiger partial charge >= 0.3 is 0 Å². The Morgan fingerprint density at radius 3 is 2.85 bits per heavy atom. The molecule has 2 atom stereocenters. The summed E-state index contributed by atoms with van der Waals surface area (Å²) in [6, 6.07) is 5.96. The first-order valence-electron chi connectivity index (χ1n) is 6.77. The van der Waals surface area contributed by atoms with Crippen molar-refractivity contribution in [1.29, 1.82) is 0 Å². The van der Waals surface area contributed by atoms with E-state index in [0.717, 1.165) is 6.54 Å². The third-order valence-corrected chi connectivity index (χ3v) is 3.71. The zero-order valence-electron chi connectivity index (χ0n) is 12.2. The number of carbonyl (C=O) groups excluding carboxylic acids is 1. The molecule has 2 unspecified atom stereocenters. The van der Waals surface area contributed by atoms with Crippen LogP contribution in [0.1, 0.15) is 29.7 Å². The number of rotatable bonds is 3. The highest BCUT2D eigenvalue weighted by Crippen LogP contribution is 2.20. The minimum absolute atomic E-state index is 0. The van der Waals surface area contributed by atoms with Gasteiger partial charge in [0.25, 0.3) is 0 Å². The van der Waals surface area contributed by atoms with Gasteiger partial charge in [-0.05, 0) is 37.5 Å². The molecule has 4 nitrogen and oxygen atoms in total. The van der Waals surface area contributed by atoms with Gasteiger partial charge in [-0.1, -0.05) is 18.2 Å². The first-order valence-corrected chi connectivity index (χ1v) is 6.77. The maximum Gasteiger partial charge on any atom is 0.240 e. The molecule has 112 valence electrons. The van der Waals surface area contributed by atoms with Crippen LogP contribution in [0, 0.1) is 13.8 Å². The van der Waals surface area contributed by atoms with Crippen LogP contribution in [0.2, 0.25) is 0 Å². The van der Waals surface area contributed by atoms with E-state index in [1.807, 2.05) is 13.0 Å². The molecule has 1 aliphatic heterocycles. The van der Waals surface area contributed by atoms with Crippen molar-refractivity contribution in [3.63, 3.8) is 0 Å². The van der Waals surface area contributed by atoms with Crippen LogP contribution in [0.4, 0.5) is 0 Å². The largest absolute Gasteiger partial charge is 0.378 e. The second-order valence-electron chi connectivity index (χ2n) is 5.10. The lowest BCUT2D eigenvalue weighted by Gasteiger charge is -2.25. The molecule has 20 heavy (non-hydrogen) atoms. The number of benzene rings is 1. The number of amides is 1. The first kappa shape index (κ1) is 17.0. The van der Waals surface area contributed by atoms with E-state index in [0.29, 0.717) is 13.2 Å². The minimum atomic E-state index is -0.235. The number of morpholine rings is 1. The molecule has 5 heteroatoms. The van der Waals surface area contributed by atoms with Crippen LogP contribution in [0.3, 0.4) is 0 Å². The Balaban J connectivity index is 0.00000200. The fourth-order valence-electron chi connectivity index (χ4n) is 2.37. The van der Waals surface area contributed by atoms with Gasteiger partial charge in [0.2, 0.25) is 5.91 Å². The molecule has 1 amide bonds. The molecule has 2 N–H and O–H groups in total. The van der Waals surface area contributed by atoms with E-state index in [-0.39, 0.29) is 30.4 Å². The van der Waals surface area contributed by atoms with Gasteiger partial charge in [-0.25, -0.2) is 0 Å². The van der Waals surface area contributed by atoms with Crippen LogP contribution >= 0.6 is 12.4 Å². The van der Waals surface area contributed by atoms with Gasteiger partial charge in [-0.2, -0.15) is 0 Å². The van der Waals surface area contributed by atoms with Gasteiger partial charge in [-0.3, -0.25) is 4.79 Å². The Morgan fingerprint density at radius 2 is 2.20 bits per heavy atom. The van der Waals surface area contributed by atoms with Crippen molar-refractivity contribution in [2.75, 3.05) is 19.8 Å². The molecule has 1 heterocycles. The van der Waals surface area contributed by atoms with Gasteiger partial charge in [-0.15, -0.1) is 12.4 Å². The van der Waals surface area contributed by atoms with Gasteiger partial charge in [0.05, 0.1) is 19.3 Å². The predicted molar refractivity (Wildman–Crippen MR) is 82.3 cm³/mol. The van der Waals surface area contributed by atoms with E-state index in [1.165, 1.54) is 16.7 Å². The summed E-state index contributed by atoms with van der Waals surface area (Å²) in [4.78, 5) is 12.1. The lowest BCUT2D eigenvalue weighted by Crippen LogP contribution is -2.51. The molecule has 2 rings (SSSR count). The highest BCUT2D eigenvalue weighted by atomic mass is 35.5. The van der Waals surface area contributed by atoms with Crippen molar-refractivity contribution < 1.29 is 9.53 Å². The van der Waals surface area contributed by atoms with Crippen LogP contribution in [-0.4, -0.2) is 31.7 Å². The highest BCUT2D eigenvalue weighted by Gasteiger charge is 2.23. The quantitative estimate of drug-likeness (QED) is 0.896. The van der Waals surface area contributed by atoms with Crippen molar-refractivity contribution in [2.24, 2.45) is 0 Å². The van der Waals surface area contributed by atoms with Gasteiger partial charge in [0, 0.05) is 6.54 Å². The van der Waals surface area contributed by atoms with Crippen LogP contribution in [0.15, 0.2) is 18.2 Å². The van der Waals surface area contributed by atoms with E-state index in [4.69, 9.17) is 4.74 Å². The average Bonchev–Trinajstić information content (AvgIpc) is 2.42. The Bertz CT molecular complexity index is 459. The second-order valence-corrected chi connectivity index (χ2v) is 5.10. The van der Waals surface area contributed by atoms with Crippen molar-refractivity contribution in [2.45, 2.75) is 32.9 Å².